The molecule has 0 aliphatic rings. The third-order valence-electron chi connectivity index (χ3n) is 2.42. The van der Waals surface area contributed by atoms with Gasteiger partial charge in [-0.25, -0.2) is 0 Å². The van der Waals surface area contributed by atoms with Crippen molar-refractivity contribution < 1.29 is 5.11 Å². The maximum atomic E-state index is 9.32. The van der Waals surface area contributed by atoms with E-state index in [2.05, 4.69) is 19.1 Å². The highest BCUT2D eigenvalue weighted by molar-refractivity contribution is 5.25. The minimum atomic E-state index is -0.493. The van der Waals surface area contributed by atoms with Crippen LogP contribution in [0.15, 0.2) is 24.3 Å². The van der Waals surface area contributed by atoms with Gasteiger partial charge < -0.3 is 10.8 Å². The molecule has 0 aliphatic heterocycles. The fourth-order valence-electron chi connectivity index (χ4n) is 1.47. The van der Waals surface area contributed by atoms with Crippen molar-refractivity contribution in [1.29, 1.82) is 0 Å². The van der Waals surface area contributed by atoms with Gasteiger partial charge in [0.2, 0.25) is 0 Å². The maximum Gasteiger partial charge on any atom is 0.0704 e. The average molecular weight is 193 g/mol. The predicted octanol–water partition coefficient (Wildman–Crippen LogP) is 2.02. The molecule has 2 heteroatoms. The molecule has 1 aromatic rings. The number of aliphatic hydroxyl groups excluding tert-OH is 1. The minimum absolute atomic E-state index is 0.273. The van der Waals surface area contributed by atoms with Crippen LogP contribution in [0, 0.1) is 0 Å². The largest absolute Gasteiger partial charge is 0.391 e. The van der Waals surface area contributed by atoms with Crippen LogP contribution in [-0.2, 0) is 6.42 Å². The van der Waals surface area contributed by atoms with Crippen molar-refractivity contribution in [3.63, 3.8) is 0 Å². The molecule has 0 heterocycles. The molecule has 0 saturated heterocycles. The average Bonchev–Trinajstić information content (AvgIpc) is 2.18. The summed E-state index contributed by atoms with van der Waals surface area (Å²) in [4.78, 5) is 0. The van der Waals surface area contributed by atoms with E-state index in [4.69, 9.17) is 5.73 Å². The Balaban J connectivity index is 2.72. The monoisotopic (exact) mass is 193 g/mol. The van der Waals surface area contributed by atoms with Gasteiger partial charge in [0.05, 0.1) is 12.1 Å². The molecule has 0 saturated carbocycles. The van der Waals surface area contributed by atoms with Gasteiger partial charge in [0.25, 0.3) is 0 Å². The van der Waals surface area contributed by atoms with Crippen molar-refractivity contribution in [2.75, 3.05) is 0 Å². The Morgan fingerprint density at radius 1 is 1.29 bits per heavy atom. The van der Waals surface area contributed by atoms with Gasteiger partial charge in [0, 0.05) is 0 Å². The normalized spacial score (nSPS) is 15.1. The highest BCUT2D eigenvalue weighted by atomic mass is 16.3. The predicted molar refractivity (Wildman–Crippen MR) is 59.0 cm³/mol. The SMILES string of the molecule is CCCc1ccc(C(N)C(C)O)cc1. The van der Waals surface area contributed by atoms with Gasteiger partial charge in [-0.05, 0) is 24.5 Å². The van der Waals surface area contributed by atoms with E-state index >= 15 is 0 Å². The smallest absolute Gasteiger partial charge is 0.0704 e. The summed E-state index contributed by atoms with van der Waals surface area (Å²) in [6.07, 6.45) is 1.76. The van der Waals surface area contributed by atoms with E-state index in [-0.39, 0.29) is 6.04 Å². The molecule has 1 rings (SSSR count). The van der Waals surface area contributed by atoms with Gasteiger partial charge >= 0.3 is 0 Å². The van der Waals surface area contributed by atoms with E-state index in [1.54, 1.807) is 6.92 Å². The zero-order chi connectivity index (χ0) is 10.6. The van der Waals surface area contributed by atoms with Crippen LogP contribution in [0.25, 0.3) is 0 Å². The molecule has 0 amide bonds. The van der Waals surface area contributed by atoms with Crippen LogP contribution in [0.4, 0.5) is 0 Å². The highest BCUT2D eigenvalue weighted by Crippen LogP contribution is 2.15. The number of nitrogens with two attached hydrogens (primary N) is 1. The number of benzene rings is 1. The van der Waals surface area contributed by atoms with Gasteiger partial charge in [-0.1, -0.05) is 37.6 Å². The Morgan fingerprint density at radius 3 is 2.29 bits per heavy atom. The van der Waals surface area contributed by atoms with Crippen LogP contribution in [0.3, 0.4) is 0 Å². The summed E-state index contributed by atoms with van der Waals surface area (Å²) in [5.74, 6) is 0. The number of rotatable bonds is 4. The number of aryl methyl sites for hydroxylation is 1. The van der Waals surface area contributed by atoms with Gasteiger partial charge in [0.1, 0.15) is 0 Å². The zero-order valence-corrected chi connectivity index (χ0v) is 8.90. The lowest BCUT2D eigenvalue weighted by atomic mass is 10.0. The third kappa shape index (κ3) is 2.82. The van der Waals surface area contributed by atoms with Crippen LogP contribution >= 0.6 is 0 Å². The molecule has 2 nitrogen and oxygen atoms in total. The molecule has 0 aliphatic carbocycles. The van der Waals surface area contributed by atoms with Gasteiger partial charge in [-0.3, -0.25) is 0 Å². The molecule has 78 valence electrons. The summed E-state index contributed by atoms with van der Waals surface area (Å²) in [5, 5.41) is 9.32. The molecule has 0 spiro atoms. The molecule has 0 aromatic heterocycles. The number of hydrogen-bond acceptors (Lipinski definition) is 2. The summed E-state index contributed by atoms with van der Waals surface area (Å²) in [5.41, 5.74) is 8.14. The first kappa shape index (κ1) is 11.2. The summed E-state index contributed by atoms with van der Waals surface area (Å²) < 4.78 is 0. The van der Waals surface area contributed by atoms with Gasteiger partial charge in [-0.2, -0.15) is 0 Å². The molecule has 14 heavy (non-hydrogen) atoms. The van der Waals surface area contributed by atoms with E-state index in [9.17, 15) is 5.11 Å². The summed E-state index contributed by atoms with van der Waals surface area (Å²) >= 11 is 0. The van der Waals surface area contributed by atoms with Crippen molar-refractivity contribution in [2.45, 2.75) is 38.8 Å². The Bertz CT molecular complexity index is 266. The molecule has 0 fully saturated rings. The van der Waals surface area contributed by atoms with Crippen molar-refractivity contribution in [1.82, 2.24) is 0 Å². The van der Waals surface area contributed by atoms with Crippen molar-refractivity contribution in [2.24, 2.45) is 5.73 Å². The Labute approximate surface area is 85.8 Å². The molecule has 0 bridgehead atoms. The van der Waals surface area contributed by atoms with E-state index in [1.807, 2.05) is 12.1 Å². The number of aliphatic hydroxyl groups is 1. The van der Waals surface area contributed by atoms with E-state index in [0.29, 0.717) is 0 Å². The topological polar surface area (TPSA) is 46.2 Å². The molecule has 2 atom stereocenters. The first-order chi connectivity index (χ1) is 6.65. The Kier molecular flexibility index (Phi) is 4.11. The summed E-state index contributed by atoms with van der Waals surface area (Å²) in [7, 11) is 0. The first-order valence-electron chi connectivity index (χ1n) is 5.17. The van der Waals surface area contributed by atoms with Crippen molar-refractivity contribution >= 4 is 0 Å². The zero-order valence-electron chi connectivity index (χ0n) is 8.90. The minimum Gasteiger partial charge on any atom is -0.391 e. The molecular weight excluding hydrogens is 174 g/mol. The summed E-state index contributed by atoms with van der Waals surface area (Å²) in [6, 6.07) is 7.90. The second-order valence-corrected chi connectivity index (χ2v) is 3.76. The molecule has 0 radical (unpaired) electrons. The lowest BCUT2D eigenvalue weighted by Gasteiger charge is -2.15. The fraction of sp³-hybridized carbons (Fsp3) is 0.500. The Hall–Kier alpha value is -0.860. The second kappa shape index (κ2) is 5.13. The quantitative estimate of drug-likeness (QED) is 0.768. The van der Waals surface area contributed by atoms with Crippen LogP contribution in [-0.4, -0.2) is 11.2 Å². The van der Waals surface area contributed by atoms with Crippen molar-refractivity contribution in [3.8, 4) is 0 Å². The highest BCUT2D eigenvalue weighted by Gasteiger charge is 2.10. The molecule has 1 aromatic carbocycles. The van der Waals surface area contributed by atoms with E-state index in [0.717, 1.165) is 18.4 Å². The fourth-order valence-corrected chi connectivity index (χ4v) is 1.47. The Morgan fingerprint density at radius 2 is 1.86 bits per heavy atom. The number of hydrogen-bond donors (Lipinski definition) is 2. The first-order valence-corrected chi connectivity index (χ1v) is 5.17. The van der Waals surface area contributed by atoms with Crippen molar-refractivity contribution in [3.05, 3.63) is 35.4 Å². The lowest BCUT2D eigenvalue weighted by Crippen LogP contribution is -2.22. The van der Waals surface area contributed by atoms with Crippen LogP contribution in [0.1, 0.15) is 37.4 Å². The third-order valence-corrected chi connectivity index (χ3v) is 2.42. The van der Waals surface area contributed by atoms with Gasteiger partial charge in [-0.15, -0.1) is 0 Å². The standard InChI is InChI=1S/C12H19NO/c1-3-4-10-5-7-11(8-6-10)12(13)9(2)14/h5-9,12,14H,3-4,13H2,1-2H3. The van der Waals surface area contributed by atoms with Crippen LogP contribution in [0.2, 0.25) is 0 Å². The maximum absolute atomic E-state index is 9.32. The lowest BCUT2D eigenvalue weighted by molar-refractivity contribution is 0.164. The van der Waals surface area contributed by atoms with Gasteiger partial charge in [0.15, 0.2) is 0 Å². The van der Waals surface area contributed by atoms with E-state index in [1.165, 1.54) is 5.56 Å². The van der Waals surface area contributed by atoms with Crippen LogP contribution in [0.5, 0.6) is 0 Å². The molecule has 2 unspecified atom stereocenters. The molecule has 3 N–H and O–H groups in total. The van der Waals surface area contributed by atoms with E-state index < -0.39 is 6.10 Å². The van der Waals surface area contributed by atoms with Crippen LogP contribution < -0.4 is 5.73 Å². The second-order valence-electron chi connectivity index (χ2n) is 3.76. The summed E-state index contributed by atoms with van der Waals surface area (Å²) in [6.45, 7) is 3.88. The molecular formula is C12H19NO.